The lowest BCUT2D eigenvalue weighted by molar-refractivity contribution is 0.802. The number of nitrogens with one attached hydrogen (secondary N) is 1. The molecule has 0 bridgehead atoms. The maximum atomic E-state index is 5.26. The highest BCUT2D eigenvalue weighted by Crippen LogP contribution is 2.25. The molecule has 4 nitrogen and oxygen atoms in total. The zero-order chi connectivity index (χ0) is 12.6. The summed E-state index contributed by atoms with van der Waals surface area (Å²) in [6.07, 6.45) is 3.51. The van der Waals surface area contributed by atoms with E-state index < -0.39 is 0 Å². The molecule has 0 amide bonds. The summed E-state index contributed by atoms with van der Waals surface area (Å²) in [4.78, 5) is 11.8. The molecule has 0 aliphatic rings. The van der Waals surface area contributed by atoms with Gasteiger partial charge in [-0.05, 0) is 21.8 Å². The Hall–Kier alpha value is -1.01. The minimum atomic E-state index is 0.348. The lowest BCUT2D eigenvalue weighted by Crippen LogP contribution is -2.02. The van der Waals surface area contributed by atoms with Crippen molar-refractivity contribution in [1.29, 1.82) is 0 Å². The van der Waals surface area contributed by atoms with Gasteiger partial charge in [-0.3, -0.25) is 0 Å². The molecular formula is C11H13BrN4S. The summed E-state index contributed by atoms with van der Waals surface area (Å²) in [5.74, 6) is 1.10. The van der Waals surface area contributed by atoms with Crippen molar-refractivity contribution in [3.63, 3.8) is 0 Å². The van der Waals surface area contributed by atoms with Crippen LogP contribution in [0.3, 0.4) is 0 Å². The molecule has 2 aromatic rings. The molecule has 0 aromatic carbocycles. The summed E-state index contributed by atoms with van der Waals surface area (Å²) < 4.78 is 3.35. The van der Waals surface area contributed by atoms with Crippen LogP contribution in [0.4, 0.5) is 0 Å². The Bertz CT molecular complexity index is 600. The van der Waals surface area contributed by atoms with Crippen molar-refractivity contribution in [3.05, 3.63) is 27.3 Å². The van der Waals surface area contributed by atoms with E-state index in [2.05, 4.69) is 44.7 Å². The van der Waals surface area contributed by atoms with E-state index in [0.29, 0.717) is 10.6 Å². The van der Waals surface area contributed by atoms with Gasteiger partial charge >= 0.3 is 0 Å². The van der Waals surface area contributed by atoms with Crippen molar-refractivity contribution in [2.24, 2.45) is 7.05 Å². The van der Waals surface area contributed by atoms with E-state index in [0.717, 1.165) is 21.7 Å². The number of aryl methyl sites for hydroxylation is 1. The monoisotopic (exact) mass is 312 g/mol. The molecule has 1 N–H and O–H groups in total. The average molecular weight is 313 g/mol. The number of imidazole rings is 1. The highest BCUT2D eigenvalue weighted by atomic mass is 79.9. The summed E-state index contributed by atoms with van der Waals surface area (Å²) in [7, 11) is 1.93. The molecule has 0 spiro atoms. The molecule has 0 aliphatic heterocycles. The number of aromatic nitrogens is 4. The highest BCUT2D eigenvalue weighted by molar-refractivity contribution is 9.10. The van der Waals surface area contributed by atoms with Crippen molar-refractivity contribution in [3.8, 4) is 11.5 Å². The second kappa shape index (κ2) is 4.70. The SMILES string of the molecule is CC(C)c1[nH]c(-c2cncn2C)nc(=S)c1Br. The normalized spacial score (nSPS) is 11.1. The van der Waals surface area contributed by atoms with Gasteiger partial charge in [0.15, 0.2) is 5.82 Å². The van der Waals surface area contributed by atoms with E-state index in [1.807, 2.05) is 11.6 Å². The average Bonchev–Trinajstić information content (AvgIpc) is 2.68. The first kappa shape index (κ1) is 12.4. The minimum absolute atomic E-state index is 0.348. The van der Waals surface area contributed by atoms with E-state index >= 15 is 0 Å². The number of aromatic amines is 1. The van der Waals surface area contributed by atoms with Crippen LogP contribution < -0.4 is 0 Å². The molecule has 2 heterocycles. The Morgan fingerprint density at radius 2 is 2.18 bits per heavy atom. The number of nitrogens with zero attached hydrogens (tertiary/aromatic N) is 3. The zero-order valence-corrected chi connectivity index (χ0v) is 12.3. The molecule has 2 aromatic heterocycles. The third-order valence-corrected chi connectivity index (χ3v) is 3.89. The molecule has 17 heavy (non-hydrogen) atoms. The topological polar surface area (TPSA) is 46.5 Å². The van der Waals surface area contributed by atoms with E-state index in [9.17, 15) is 0 Å². The molecule has 0 fully saturated rings. The van der Waals surface area contributed by atoms with Gasteiger partial charge in [-0.2, -0.15) is 0 Å². The fourth-order valence-corrected chi connectivity index (χ4v) is 2.43. The van der Waals surface area contributed by atoms with Crippen LogP contribution in [0.5, 0.6) is 0 Å². The molecular weight excluding hydrogens is 300 g/mol. The second-order valence-corrected chi connectivity index (χ2v) is 5.34. The molecule has 0 aliphatic carbocycles. The smallest absolute Gasteiger partial charge is 0.157 e. The number of H-pyrrole nitrogens is 1. The quantitative estimate of drug-likeness (QED) is 0.864. The number of halogens is 1. The first-order valence-corrected chi connectivity index (χ1v) is 6.47. The number of hydrogen-bond donors (Lipinski definition) is 1. The Labute approximate surface area is 113 Å². The van der Waals surface area contributed by atoms with Crippen molar-refractivity contribution in [2.75, 3.05) is 0 Å². The van der Waals surface area contributed by atoms with Gasteiger partial charge in [0.2, 0.25) is 0 Å². The zero-order valence-electron chi connectivity index (χ0n) is 9.86. The lowest BCUT2D eigenvalue weighted by Gasteiger charge is -2.11. The van der Waals surface area contributed by atoms with Crippen LogP contribution in [0.25, 0.3) is 11.5 Å². The molecule has 6 heteroatoms. The van der Waals surface area contributed by atoms with Crippen molar-refractivity contribution >= 4 is 28.1 Å². The van der Waals surface area contributed by atoms with E-state index in [1.165, 1.54) is 0 Å². The molecule has 0 atom stereocenters. The summed E-state index contributed by atoms with van der Waals surface area (Å²) in [6, 6.07) is 0. The van der Waals surface area contributed by atoms with Gasteiger partial charge in [0.25, 0.3) is 0 Å². The fraction of sp³-hybridized carbons (Fsp3) is 0.364. The van der Waals surface area contributed by atoms with Gasteiger partial charge in [0, 0.05) is 12.7 Å². The fourth-order valence-electron chi connectivity index (χ4n) is 1.58. The minimum Gasteiger partial charge on any atom is -0.341 e. The summed E-state index contributed by atoms with van der Waals surface area (Å²) >= 11 is 8.73. The molecule has 0 saturated heterocycles. The van der Waals surface area contributed by atoms with Crippen molar-refractivity contribution in [1.82, 2.24) is 19.5 Å². The van der Waals surface area contributed by atoms with Crippen molar-refractivity contribution in [2.45, 2.75) is 19.8 Å². The first-order valence-electron chi connectivity index (χ1n) is 5.27. The van der Waals surface area contributed by atoms with E-state index in [1.54, 1.807) is 12.5 Å². The molecule has 90 valence electrons. The van der Waals surface area contributed by atoms with Gasteiger partial charge < -0.3 is 9.55 Å². The van der Waals surface area contributed by atoms with Crippen LogP contribution in [0.1, 0.15) is 25.5 Å². The molecule has 0 radical (unpaired) electrons. The van der Waals surface area contributed by atoms with Crippen LogP contribution in [-0.4, -0.2) is 19.5 Å². The van der Waals surface area contributed by atoms with Crippen LogP contribution in [0, 0.1) is 4.64 Å². The highest BCUT2D eigenvalue weighted by Gasteiger charge is 2.12. The standard InChI is InChI=1S/C11H13BrN4S/c1-6(2)9-8(12)11(17)15-10(14-9)7-4-13-5-16(7)3/h4-6H,1-3H3,(H,14,15,17). The maximum Gasteiger partial charge on any atom is 0.157 e. The predicted octanol–water partition coefficient (Wildman–Crippen LogP) is 3.43. The van der Waals surface area contributed by atoms with Gasteiger partial charge in [-0.25, -0.2) is 9.97 Å². The lowest BCUT2D eigenvalue weighted by atomic mass is 10.1. The van der Waals surface area contributed by atoms with Gasteiger partial charge in [-0.15, -0.1) is 0 Å². The largest absolute Gasteiger partial charge is 0.341 e. The van der Waals surface area contributed by atoms with Crippen LogP contribution in [-0.2, 0) is 7.05 Å². The molecule has 0 unspecified atom stereocenters. The van der Waals surface area contributed by atoms with Gasteiger partial charge in [-0.1, -0.05) is 26.1 Å². The summed E-state index contributed by atoms with van der Waals surface area (Å²) in [5, 5.41) is 0. The number of hydrogen-bond acceptors (Lipinski definition) is 3. The van der Waals surface area contributed by atoms with Crippen LogP contribution in [0.15, 0.2) is 17.0 Å². The molecule has 0 saturated carbocycles. The van der Waals surface area contributed by atoms with E-state index in [4.69, 9.17) is 12.2 Å². The maximum absolute atomic E-state index is 5.26. The number of rotatable bonds is 2. The summed E-state index contributed by atoms with van der Waals surface area (Å²) in [5.41, 5.74) is 1.98. The Morgan fingerprint density at radius 3 is 2.71 bits per heavy atom. The Balaban J connectivity index is 2.66. The third-order valence-electron chi connectivity index (χ3n) is 2.53. The van der Waals surface area contributed by atoms with Crippen molar-refractivity contribution < 1.29 is 0 Å². The Kier molecular flexibility index (Phi) is 3.44. The van der Waals surface area contributed by atoms with Crippen LogP contribution in [0.2, 0.25) is 0 Å². The van der Waals surface area contributed by atoms with E-state index in [-0.39, 0.29) is 0 Å². The predicted molar refractivity (Wildman–Crippen MR) is 73.4 cm³/mol. The Morgan fingerprint density at radius 1 is 1.47 bits per heavy atom. The summed E-state index contributed by atoms with van der Waals surface area (Å²) in [6.45, 7) is 4.22. The van der Waals surface area contributed by atoms with Gasteiger partial charge in [0.1, 0.15) is 10.3 Å². The first-order chi connectivity index (χ1) is 8.00. The second-order valence-electron chi connectivity index (χ2n) is 4.16. The third kappa shape index (κ3) is 2.32. The molecule has 2 rings (SSSR count). The van der Waals surface area contributed by atoms with Crippen LogP contribution >= 0.6 is 28.1 Å². The van der Waals surface area contributed by atoms with Gasteiger partial charge in [0.05, 0.1) is 17.0 Å².